The molecule has 3 heterocycles. The van der Waals surface area contributed by atoms with Gasteiger partial charge in [0.2, 0.25) is 5.91 Å². The van der Waals surface area contributed by atoms with E-state index in [1.54, 1.807) is 6.92 Å². The summed E-state index contributed by atoms with van der Waals surface area (Å²) in [5, 5.41) is 0. The maximum absolute atomic E-state index is 13.2. The van der Waals surface area contributed by atoms with Gasteiger partial charge < -0.3 is 14.4 Å². The van der Waals surface area contributed by atoms with Crippen molar-refractivity contribution in [1.29, 1.82) is 0 Å². The van der Waals surface area contributed by atoms with E-state index in [-0.39, 0.29) is 29.3 Å². The Kier molecular flexibility index (Phi) is 4.80. The Morgan fingerprint density at radius 3 is 2.38 bits per heavy atom. The quantitative estimate of drug-likeness (QED) is 0.778. The Hall–Kier alpha value is -2.56. The van der Waals surface area contributed by atoms with E-state index < -0.39 is 0 Å². The second-order valence-corrected chi connectivity index (χ2v) is 9.59. The number of aryl methyl sites for hydroxylation is 1. The van der Waals surface area contributed by atoms with Gasteiger partial charge >= 0.3 is 0 Å². The van der Waals surface area contributed by atoms with Crippen LogP contribution in [0.4, 0.5) is 0 Å². The Labute approximate surface area is 173 Å². The third-order valence-corrected chi connectivity index (χ3v) is 6.58. The molecule has 0 spiro atoms. The first-order chi connectivity index (χ1) is 13.7. The number of rotatable bonds is 2. The van der Waals surface area contributed by atoms with Gasteiger partial charge in [0.05, 0.1) is 11.6 Å². The molecule has 2 fully saturated rings. The molecular formula is C24H31N3O2. The molecule has 154 valence electrons. The number of nitrogens with zero attached hydrogens (tertiary/aromatic N) is 3. The van der Waals surface area contributed by atoms with Crippen LogP contribution in [0.3, 0.4) is 0 Å². The summed E-state index contributed by atoms with van der Waals surface area (Å²) in [7, 11) is 0. The molecule has 1 aromatic carbocycles. The van der Waals surface area contributed by atoms with E-state index in [4.69, 9.17) is 0 Å². The van der Waals surface area contributed by atoms with Crippen LogP contribution in [-0.4, -0.2) is 45.8 Å². The number of hydrogen-bond donors (Lipinski definition) is 0. The topological polar surface area (TPSA) is 45.6 Å². The highest BCUT2D eigenvalue weighted by Crippen LogP contribution is 2.46. The minimum absolute atomic E-state index is 0.0437. The first kappa shape index (κ1) is 19.7. The number of amides is 2. The molecule has 0 unspecified atom stereocenters. The van der Waals surface area contributed by atoms with Crippen molar-refractivity contribution in [1.82, 2.24) is 14.4 Å². The molecule has 4 rings (SSSR count). The summed E-state index contributed by atoms with van der Waals surface area (Å²) in [5.74, 6) is 0.832. The van der Waals surface area contributed by atoms with Crippen molar-refractivity contribution in [2.45, 2.75) is 46.2 Å². The predicted molar refractivity (Wildman–Crippen MR) is 114 cm³/mol. The van der Waals surface area contributed by atoms with Crippen LogP contribution in [0.25, 0.3) is 0 Å². The molecule has 2 aromatic rings. The second kappa shape index (κ2) is 7.05. The fourth-order valence-corrected chi connectivity index (χ4v) is 4.97. The van der Waals surface area contributed by atoms with Crippen molar-refractivity contribution in [2.75, 3.05) is 19.6 Å². The summed E-state index contributed by atoms with van der Waals surface area (Å²) in [6.45, 7) is 12.3. The van der Waals surface area contributed by atoms with Crippen molar-refractivity contribution in [3.63, 3.8) is 0 Å². The summed E-state index contributed by atoms with van der Waals surface area (Å²) in [6, 6.07) is 10.3. The molecule has 29 heavy (non-hydrogen) atoms. The lowest BCUT2D eigenvalue weighted by molar-refractivity contribution is -0.130. The van der Waals surface area contributed by atoms with Gasteiger partial charge in [-0.25, -0.2) is 0 Å². The molecular weight excluding hydrogens is 362 g/mol. The number of hydrogen-bond acceptors (Lipinski definition) is 2. The SMILES string of the molecule is CC(=O)N1C[C@H]2CN(C(=O)c3ccn(C(C)(C)C)c3)C[C@H]2[C@@H]1c1ccccc1C. The van der Waals surface area contributed by atoms with Gasteiger partial charge in [0.25, 0.3) is 5.91 Å². The van der Waals surface area contributed by atoms with Crippen molar-refractivity contribution in [3.8, 4) is 0 Å². The minimum Gasteiger partial charge on any atom is -0.348 e. The number of aromatic nitrogens is 1. The molecule has 2 saturated heterocycles. The number of carbonyl (C=O) groups is 2. The largest absolute Gasteiger partial charge is 0.348 e. The van der Waals surface area contributed by atoms with Crippen LogP contribution in [0.2, 0.25) is 0 Å². The molecule has 5 nitrogen and oxygen atoms in total. The fraction of sp³-hybridized carbons (Fsp3) is 0.500. The first-order valence-electron chi connectivity index (χ1n) is 10.5. The lowest BCUT2D eigenvalue weighted by Crippen LogP contribution is -2.36. The molecule has 0 radical (unpaired) electrons. The second-order valence-electron chi connectivity index (χ2n) is 9.59. The lowest BCUT2D eigenvalue weighted by Gasteiger charge is -2.30. The standard InChI is InChI=1S/C24H31N3O2/c1-16-8-6-7-9-20(16)22-21-15-25(12-19(21)14-27(22)17(2)28)23(29)18-10-11-26(13-18)24(3,4)5/h6-11,13,19,21-22H,12,14-15H2,1-5H3/t19-,21-,22+/m1/s1. The third kappa shape index (κ3) is 3.47. The average Bonchev–Trinajstić information content (AvgIpc) is 3.35. The van der Waals surface area contributed by atoms with Crippen molar-refractivity contribution < 1.29 is 9.59 Å². The molecule has 2 aliphatic heterocycles. The molecule has 3 atom stereocenters. The number of fused-ring (bicyclic) bond motifs is 1. The van der Waals surface area contributed by atoms with Crippen LogP contribution in [0.5, 0.6) is 0 Å². The van der Waals surface area contributed by atoms with Crippen LogP contribution in [0.15, 0.2) is 42.7 Å². The van der Waals surface area contributed by atoms with Gasteiger partial charge in [-0.05, 0) is 44.9 Å². The maximum atomic E-state index is 13.2. The van der Waals surface area contributed by atoms with Crippen molar-refractivity contribution in [2.24, 2.45) is 11.8 Å². The summed E-state index contributed by atoms with van der Waals surface area (Å²) < 4.78 is 2.09. The van der Waals surface area contributed by atoms with Crippen molar-refractivity contribution in [3.05, 3.63) is 59.4 Å². The first-order valence-corrected chi connectivity index (χ1v) is 10.5. The molecule has 5 heteroatoms. The zero-order valence-electron chi connectivity index (χ0n) is 18.1. The summed E-state index contributed by atoms with van der Waals surface area (Å²) in [4.78, 5) is 29.5. The molecule has 0 N–H and O–H groups in total. The van der Waals surface area contributed by atoms with Gasteiger partial charge in [-0.1, -0.05) is 24.3 Å². The molecule has 2 aliphatic rings. The predicted octanol–water partition coefficient (Wildman–Crippen LogP) is 3.84. The van der Waals surface area contributed by atoms with Gasteiger partial charge in [-0.3, -0.25) is 9.59 Å². The monoisotopic (exact) mass is 393 g/mol. The van der Waals surface area contributed by atoms with Crippen LogP contribution >= 0.6 is 0 Å². The van der Waals surface area contributed by atoms with Crippen LogP contribution in [0, 0.1) is 18.8 Å². The summed E-state index contributed by atoms with van der Waals surface area (Å²) >= 11 is 0. The van der Waals surface area contributed by atoms with Crippen LogP contribution in [0.1, 0.15) is 55.2 Å². The lowest BCUT2D eigenvalue weighted by atomic mass is 9.87. The van der Waals surface area contributed by atoms with Gasteiger partial charge in [0.1, 0.15) is 0 Å². The molecule has 0 saturated carbocycles. The van der Waals surface area contributed by atoms with E-state index in [1.807, 2.05) is 40.4 Å². The average molecular weight is 394 g/mol. The van der Waals surface area contributed by atoms with E-state index in [2.05, 4.69) is 44.4 Å². The van der Waals surface area contributed by atoms with Gasteiger partial charge in [0, 0.05) is 56.3 Å². The Morgan fingerprint density at radius 2 is 1.76 bits per heavy atom. The smallest absolute Gasteiger partial charge is 0.255 e. The number of benzene rings is 1. The highest BCUT2D eigenvalue weighted by molar-refractivity contribution is 5.94. The summed E-state index contributed by atoms with van der Waals surface area (Å²) in [5.41, 5.74) is 3.12. The Balaban J connectivity index is 1.58. The van der Waals surface area contributed by atoms with E-state index >= 15 is 0 Å². The van der Waals surface area contributed by atoms with Crippen LogP contribution in [-0.2, 0) is 10.3 Å². The summed E-state index contributed by atoms with van der Waals surface area (Å²) in [6.07, 6.45) is 3.94. The van der Waals surface area contributed by atoms with Crippen LogP contribution < -0.4 is 0 Å². The van der Waals surface area contributed by atoms with Gasteiger partial charge in [-0.15, -0.1) is 0 Å². The molecule has 2 amide bonds. The minimum atomic E-state index is -0.0437. The highest BCUT2D eigenvalue weighted by atomic mass is 16.2. The molecule has 0 bridgehead atoms. The van der Waals surface area contributed by atoms with E-state index in [1.165, 1.54) is 11.1 Å². The third-order valence-electron chi connectivity index (χ3n) is 6.58. The Morgan fingerprint density at radius 1 is 1.03 bits per heavy atom. The zero-order valence-corrected chi connectivity index (χ0v) is 18.1. The number of carbonyl (C=O) groups excluding carboxylic acids is 2. The highest BCUT2D eigenvalue weighted by Gasteiger charge is 2.49. The fourth-order valence-electron chi connectivity index (χ4n) is 4.97. The Bertz CT molecular complexity index is 940. The van der Waals surface area contributed by atoms with Gasteiger partial charge in [0.15, 0.2) is 0 Å². The number of likely N-dealkylation sites (tertiary alicyclic amines) is 2. The van der Waals surface area contributed by atoms with E-state index in [0.29, 0.717) is 12.5 Å². The maximum Gasteiger partial charge on any atom is 0.255 e. The van der Waals surface area contributed by atoms with Gasteiger partial charge in [-0.2, -0.15) is 0 Å². The molecule has 0 aliphatic carbocycles. The normalized spacial score (nSPS) is 24.1. The molecule has 1 aromatic heterocycles. The van der Waals surface area contributed by atoms with E-state index in [9.17, 15) is 9.59 Å². The van der Waals surface area contributed by atoms with Crippen molar-refractivity contribution >= 4 is 11.8 Å². The zero-order chi connectivity index (χ0) is 20.9. The van der Waals surface area contributed by atoms with E-state index in [0.717, 1.165) is 18.7 Å².